The number of carbonyl (C=O) groups excluding carboxylic acids is 1. The van der Waals surface area contributed by atoms with E-state index in [9.17, 15) is 4.79 Å². The van der Waals surface area contributed by atoms with Gasteiger partial charge in [-0.2, -0.15) is 0 Å². The summed E-state index contributed by atoms with van der Waals surface area (Å²) < 4.78 is 0. The summed E-state index contributed by atoms with van der Waals surface area (Å²) >= 11 is 0. The molecule has 0 amide bonds. The van der Waals surface area contributed by atoms with Gasteiger partial charge in [-0.15, -0.1) is 0 Å². The van der Waals surface area contributed by atoms with Crippen LogP contribution < -0.4 is 0 Å². The molecular formula is C9H12O. The Kier molecular flexibility index (Phi) is 0.781. The molecule has 5 fully saturated rings. The van der Waals surface area contributed by atoms with Gasteiger partial charge < -0.3 is 0 Å². The summed E-state index contributed by atoms with van der Waals surface area (Å²) in [5.74, 6) is 3.49. The lowest BCUT2D eigenvalue weighted by Crippen LogP contribution is -2.54. The van der Waals surface area contributed by atoms with Crippen molar-refractivity contribution in [3.05, 3.63) is 0 Å². The van der Waals surface area contributed by atoms with E-state index in [1.807, 2.05) is 0 Å². The smallest absolute Gasteiger partial charge is 0.139 e. The molecule has 0 spiro atoms. The molecule has 5 aliphatic rings. The van der Waals surface area contributed by atoms with Gasteiger partial charge in [0.1, 0.15) is 5.78 Å². The van der Waals surface area contributed by atoms with E-state index in [-0.39, 0.29) is 0 Å². The minimum absolute atomic E-state index is 0.508. The van der Waals surface area contributed by atoms with Crippen LogP contribution in [0.1, 0.15) is 25.7 Å². The van der Waals surface area contributed by atoms with Crippen molar-refractivity contribution in [1.82, 2.24) is 0 Å². The van der Waals surface area contributed by atoms with Gasteiger partial charge in [-0.3, -0.25) is 4.79 Å². The van der Waals surface area contributed by atoms with Gasteiger partial charge in [0.15, 0.2) is 0 Å². The number of Topliss-reactive ketones (excluding diaryl/α,β-unsaturated/α-hetero) is 1. The normalized spacial score (nSPS) is 56.6. The third-order valence-corrected chi connectivity index (χ3v) is 3.88. The Hall–Kier alpha value is -0.330. The van der Waals surface area contributed by atoms with Crippen LogP contribution in [0.4, 0.5) is 0 Å². The molecule has 10 heavy (non-hydrogen) atoms. The first-order chi connectivity index (χ1) is 4.86. The van der Waals surface area contributed by atoms with Crippen molar-refractivity contribution in [3.8, 4) is 0 Å². The topological polar surface area (TPSA) is 17.1 Å². The Labute approximate surface area is 60.8 Å². The number of hydrogen-bond donors (Lipinski definition) is 0. The predicted octanol–water partition coefficient (Wildman–Crippen LogP) is 1.62. The molecule has 0 saturated heterocycles. The van der Waals surface area contributed by atoms with E-state index in [2.05, 4.69) is 0 Å². The van der Waals surface area contributed by atoms with Crippen LogP contribution >= 0.6 is 0 Å². The van der Waals surface area contributed by atoms with Crippen LogP contribution in [-0.2, 0) is 4.79 Å². The van der Waals surface area contributed by atoms with Crippen molar-refractivity contribution >= 4 is 5.78 Å². The molecule has 0 radical (unpaired) electrons. The molecule has 5 rings (SSSR count). The van der Waals surface area contributed by atoms with Crippen LogP contribution in [0.3, 0.4) is 0 Å². The van der Waals surface area contributed by atoms with E-state index in [4.69, 9.17) is 0 Å². The maximum Gasteiger partial charge on any atom is 0.139 e. The number of carbonyl (C=O) groups is 1. The zero-order valence-corrected chi connectivity index (χ0v) is 6.05. The summed E-state index contributed by atoms with van der Waals surface area (Å²) in [6.45, 7) is 0. The first kappa shape index (κ1) is 5.34. The van der Waals surface area contributed by atoms with Crippen LogP contribution in [0.15, 0.2) is 0 Å². The molecule has 0 N–H and O–H groups in total. The fourth-order valence-electron chi connectivity index (χ4n) is 3.28. The highest BCUT2D eigenvalue weighted by molar-refractivity contribution is 5.87. The lowest BCUT2D eigenvalue weighted by molar-refractivity contribution is -0.154. The van der Waals surface area contributed by atoms with Gasteiger partial charge in [-0.25, -0.2) is 0 Å². The number of hydrogen-bond acceptors (Lipinski definition) is 1. The van der Waals surface area contributed by atoms with Crippen molar-refractivity contribution in [3.63, 3.8) is 0 Å². The van der Waals surface area contributed by atoms with Crippen LogP contribution in [-0.4, -0.2) is 5.78 Å². The Balaban J connectivity index is 2.00. The minimum Gasteiger partial charge on any atom is -0.299 e. The second-order valence-corrected chi connectivity index (χ2v) is 4.18. The van der Waals surface area contributed by atoms with Crippen LogP contribution in [0.25, 0.3) is 0 Å². The highest BCUT2D eigenvalue weighted by atomic mass is 16.1. The molecule has 5 aliphatic carbocycles. The summed E-state index contributed by atoms with van der Waals surface area (Å²) in [5.41, 5.74) is 0. The van der Waals surface area contributed by atoms with Crippen molar-refractivity contribution in [2.24, 2.45) is 23.7 Å². The lowest BCUT2D eigenvalue weighted by atomic mass is 9.48. The van der Waals surface area contributed by atoms with Crippen LogP contribution in [0.2, 0.25) is 0 Å². The third-order valence-electron chi connectivity index (χ3n) is 3.88. The third kappa shape index (κ3) is 0.415. The van der Waals surface area contributed by atoms with Crippen LogP contribution in [0.5, 0.6) is 0 Å². The second kappa shape index (κ2) is 1.46. The Morgan fingerprint density at radius 2 is 2.10 bits per heavy atom. The van der Waals surface area contributed by atoms with E-state index in [1.165, 1.54) is 25.7 Å². The number of fused-ring (bicyclic) bond motifs is 1. The average molecular weight is 136 g/mol. The fraction of sp³-hybridized carbons (Fsp3) is 0.889. The molecule has 1 heteroatoms. The highest BCUT2D eigenvalue weighted by Gasteiger charge is 2.55. The fourth-order valence-corrected chi connectivity index (χ4v) is 3.28. The molecule has 5 saturated carbocycles. The molecule has 4 bridgehead atoms. The SMILES string of the molecule is O=C1C2CCC3C1C[C@@H]3C2. The highest BCUT2D eigenvalue weighted by Crippen LogP contribution is 2.57. The largest absolute Gasteiger partial charge is 0.299 e. The molecule has 0 aromatic carbocycles. The molecule has 1 nitrogen and oxygen atoms in total. The maximum absolute atomic E-state index is 11.4. The van der Waals surface area contributed by atoms with Gasteiger partial charge in [0.05, 0.1) is 0 Å². The lowest BCUT2D eigenvalue weighted by Gasteiger charge is -2.55. The summed E-state index contributed by atoms with van der Waals surface area (Å²) in [6, 6.07) is 0. The standard InChI is InChI=1S/C9H12O/c10-9-5-1-2-7-6(3-5)4-8(7)9/h5-8H,1-4H2/t5?,6-,7?,8?/m0/s1. The molecule has 0 heterocycles. The first-order valence-electron chi connectivity index (χ1n) is 4.40. The van der Waals surface area contributed by atoms with Gasteiger partial charge in [0, 0.05) is 11.8 Å². The average Bonchev–Trinajstić information content (AvgIpc) is 1.89. The summed E-state index contributed by atoms with van der Waals surface area (Å²) in [7, 11) is 0. The van der Waals surface area contributed by atoms with Crippen LogP contribution in [0, 0.1) is 23.7 Å². The molecule has 0 aliphatic heterocycles. The molecule has 0 aromatic rings. The Bertz CT molecular complexity index is 191. The van der Waals surface area contributed by atoms with Gasteiger partial charge >= 0.3 is 0 Å². The van der Waals surface area contributed by atoms with E-state index < -0.39 is 0 Å². The van der Waals surface area contributed by atoms with Crippen molar-refractivity contribution in [2.45, 2.75) is 25.7 Å². The number of ketones is 1. The second-order valence-electron chi connectivity index (χ2n) is 4.18. The van der Waals surface area contributed by atoms with Gasteiger partial charge in [-0.1, -0.05) is 0 Å². The van der Waals surface area contributed by atoms with E-state index in [0.717, 1.165) is 11.8 Å². The van der Waals surface area contributed by atoms with Crippen molar-refractivity contribution in [2.75, 3.05) is 0 Å². The monoisotopic (exact) mass is 136 g/mol. The van der Waals surface area contributed by atoms with E-state index in [0.29, 0.717) is 17.6 Å². The van der Waals surface area contributed by atoms with Gasteiger partial charge in [-0.05, 0) is 37.5 Å². The quantitative estimate of drug-likeness (QED) is 0.494. The Morgan fingerprint density at radius 3 is 2.50 bits per heavy atom. The summed E-state index contributed by atoms with van der Waals surface area (Å²) in [4.78, 5) is 11.4. The minimum atomic E-state index is 0.508. The molecular weight excluding hydrogens is 124 g/mol. The van der Waals surface area contributed by atoms with E-state index >= 15 is 0 Å². The van der Waals surface area contributed by atoms with Crippen molar-refractivity contribution in [1.29, 1.82) is 0 Å². The van der Waals surface area contributed by atoms with E-state index in [1.54, 1.807) is 0 Å². The van der Waals surface area contributed by atoms with Gasteiger partial charge in [0.2, 0.25) is 0 Å². The molecule has 3 unspecified atom stereocenters. The molecule has 0 aromatic heterocycles. The Morgan fingerprint density at radius 1 is 1.20 bits per heavy atom. The van der Waals surface area contributed by atoms with Gasteiger partial charge in [0.25, 0.3) is 0 Å². The summed E-state index contributed by atoms with van der Waals surface area (Å²) in [6.07, 6.45) is 5.09. The zero-order valence-electron chi connectivity index (χ0n) is 6.05. The predicted molar refractivity (Wildman–Crippen MR) is 37.4 cm³/mol. The maximum atomic E-state index is 11.4. The zero-order chi connectivity index (χ0) is 6.72. The molecule has 4 atom stereocenters. The summed E-state index contributed by atoms with van der Waals surface area (Å²) in [5, 5.41) is 0. The van der Waals surface area contributed by atoms with Crippen molar-refractivity contribution < 1.29 is 4.79 Å². The first-order valence-corrected chi connectivity index (χ1v) is 4.40. The molecule has 54 valence electrons. The number of rotatable bonds is 0.